The smallest absolute Gasteiger partial charge is 0.160 e. The van der Waals surface area contributed by atoms with Crippen molar-refractivity contribution in [2.24, 2.45) is 0 Å². The molecule has 0 aliphatic carbocycles. The highest BCUT2D eigenvalue weighted by Gasteiger charge is 2.03. The standard InChI is InChI=1S/C14H13N3O2/c1-19-13-6-10(2-4-12(13)18)8-16-14-5-3-11(7-15)9-17-14/h2-6,9,18H,8H2,1H3,(H,16,17). The summed E-state index contributed by atoms with van der Waals surface area (Å²) in [7, 11) is 1.51. The molecule has 0 saturated carbocycles. The lowest BCUT2D eigenvalue weighted by Crippen LogP contribution is -2.01. The molecule has 1 aromatic carbocycles. The number of benzene rings is 1. The molecule has 0 radical (unpaired) electrons. The molecule has 0 fully saturated rings. The van der Waals surface area contributed by atoms with Crippen molar-refractivity contribution < 1.29 is 9.84 Å². The second kappa shape index (κ2) is 5.74. The lowest BCUT2D eigenvalue weighted by Gasteiger charge is -2.08. The van der Waals surface area contributed by atoms with Crippen molar-refractivity contribution in [2.75, 3.05) is 12.4 Å². The minimum atomic E-state index is 0.114. The second-order valence-electron chi connectivity index (χ2n) is 3.90. The fourth-order valence-corrected chi connectivity index (χ4v) is 1.59. The Morgan fingerprint density at radius 2 is 2.21 bits per heavy atom. The van der Waals surface area contributed by atoms with Crippen LogP contribution in [-0.4, -0.2) is 17.2 Å². The molecule has 0 unspecified atom stereocenters. The van der Waals surface area contributed by atoms with Crippen LogP contribution < -0.4 is 10.1 Å². The van der Waals surface area contributed by atoms with Crippen molar-refractivity contribution in [1.29, 1.82) is 5.26 Å². The highest BCUT2D eigenvalue weighted by atomic mass is 16.5. The first-order valence-electron chi connectivity index (χ1n) is 5.69. The van der Waals surface area contributed by atoms with E-state index in [9.17, 15) is 5.11 Å². The van der Waals surface area contributed by atoms with Crippen molar-refractivity contribution >= 4 is 5.82 Å². The van der Waals surface area contributed by atoms with Crippen LogP contribution in [0.2, 0.25) is 0 Å². The molecule has 0 spiro atoms. The zero-order valence-electron chi connectivity index (χ0n) is 10.4. The number of phenolic OH excluding ortho intramolecular Hbond substituents is 1. The van der Waals surface area contributed by atoms with E-state index < -0.39 is 0 Å². The summed E-state index contributed by atoms with van der Waals surface area (Å²) >= 11 is 0. The predicted octanol–water partition coefficient (Wildman–Crippen LogP) is 2.28. The summed E-state index contributed by atoms with van der Waals surface area (Å²) in [5, 5.41) is 21.3. The number of phenols is 1. The first-order valence-corrected chi connectivity index (χ1v) is 5.69. The predicted molar refractivity (Wildman–Crippen MR) is 70.9 cm³/mol. The number of nitrogens with one attached hydrogen (secondary N) is 1. The van der Waals surface area contributed by atoms with Gasteiger partial charge in [-0.2, -0.15) is 5.26 Å². The molecule has 0 aliphatic heterocycles. The Morgan fingerprint density at radius 3 is 2.84 bits per heavy atom. The summed E-state index contributed by atoms with van der Waals surface area (Å²) in [5.41, 5.74) is 1.48. The maximum Gasteiger partial charge on any atom is 0.160 e. The molecule has 19 heavy (non-hydrogen) atoms. The molecule has 2 N–H and O–H groups in total. The van der Waals surface area contributed by atoms with Gasteiger partial charge >= 0.3 is 0 Å². The lowest BCUT2D eigenvalue weighted by molar-refractivity contribution is 0.373. The maximum absolute atomic E-state index is 9.49. The molecule has 0 atom stereocenters. The molecule has 5 nitrogen and oxygen atoms in total. The number of anilines is 1. The Kier molecular flexibility index (Phi) is 3.84. The fraction of sp³-hybridized carbons (Fsp3) is 0.143. The first kappa shape index (κ1) is 12.7. The van der Waals surface area contributed by atoms with Gasteiger partial charge in [0.2, 0.25) is 0 Å². The first-order chi connectivity index (χ1) is 9.22. The van der Waals surface area contributed by atoms with E-state index in [-0.39, 0.29) is 5.75 Å². The van der Waals surface area contributed by atoms with Gasteiger partial charge in [0.25, 0.3) is 0 Å². The summed E-state index contributed by atoms with van der Waals surface area (Å²) in [4.78, 5) is 4.11. The van der Waals surface area contributed by atoms with Gasteiger partial charge in [-0.25, -0.2) is 4.98 Å². The molecule has 1 aromatic heterocycles. The molecular formula is C14H13N3O2. The average molecular weight is 255 g/mol. The van der Waals surface area contributed by atoms with Crippen LogP contribution in [0.15, 0.2) is 36.5 Å². The third-order valence-electron chi connectivity index (χ3n) is 2.61. The molecule has 0 aliphatic rings. The van der Waals surface area contributed by atoms with Crippen molar-refractivity contribution in [1.82, 2.24) is 4.98 Å². The topological polar surface area (TPSA) is 78.2 Å². The van der Waals surface area contributed by atoms with Crippen molar-refractivity contribution in [3.63, 3.8) is 0 Å². The molecule has 0 bridgehead atoms. The number of hydrogen-bond donors (Lipinski definition) is 2. The number of pyridine rings is 1. The minimum Gasteiger partial charge on any atom is -0.504 e. The van der Waals surface area contributed by atoms with Crippen LogP contribution in [0.1, 0.15) is 11.1 Å². The fourth-order valence-electron chi connectivity index (χ4n) is 1.59. The average Bonchev–Trinajstić information content (AvgIpc) is 2.47. The zero-order chi connectivity index (χ0) is 13.7. The molecule has 96 valence electrons. The van der Waals surface area contributed by atoms with E-state index in [1.165, 1.54) is 13.3 Å². The lowest BCUT2D eigenvalue weighted by atomic mass is 10.2. The van der Waals surface area contributed by atoms with Crippen molar-refractivity contribution in [2.45, 2.75) is 6.54 Å². The molecule has 1 heterocycles. The van der Waals surface area contributed by atoms with Crippen LogP contribution in [0.25, 0.3) is 0 Å². The Morgan fingerprint density at radius 1 is 1.37 bits per heavy atom. The largest absolute Gasteiger partial charge is 0.504 e. The van der Waals surface area contributed by atoms with Gasteiger partial charge in [0.15, 0.2) is 11.5 Å². The molecule has 5 heteroatoms. The van der Waals surface area contributed by atoms with Gasteiger partial charge in [-0.3, -0.25) is 0 Å². The van der Waals surface area contributed by atoms with Crippen molar-refractivity contribution in [3.05, 3.63) is 47.7 Å². The summed E-state index contributed by atoms with van der Waals surface area (Å²) < 4.78 is 5.04. The molecule has 0 saturated heterocycles. The molecular weight excluding hydrogens is 242 g/mol. The van der Waals surface area contributed by atoms with Crippen LogP contribution in [0.4, 0.5) is 5.82 Å². The van der Waals surface area contributed by atoms with Gasteiger partial charge < -0.3 is 15.2 Å². The third-order valence-corrected chi connectivity index (χ3v) is 2.61. The summed E-state index contributed by atoms with van der Waals surface area (Å²) in [6.45, 7) is 0.551. The molecule has 2 rings (SSSR count). The van der Waals surface area contributed by atoms with Gasteiger partial charge in [-0.05, 0) is 29.8 Å². The number of aromatic hydroxyl groups is 1. The van der Waals surface area contributed by atoms with E-state index in [0.29, 0.717) is 23.7 Å². The van der Waals surface area contributed by atoms with Gasteiger partial charge in [0.05, 0.1) is 12.7 Å². The number of methoxy groups -OCH3 is 1. The van der Waals surface area contributed by atoms with E-state index in [1.54, 1.807) is 30.3 Å². The van der Waals surface area contributed by atoms with Crippen LogP contribution >= 0.6 is 0 Å². The van der Waals surface area contributed by atoms with E-state index in [4.69, 9.17) is 10.00 Å². The van der Waals surface area contributed by atoms with Crippen molar-refractivity contribution in [3.8, 4) is 17.6 Å². The normalized spacial score (nSPS) is 9.68. The number of rotatable bonds is 4. The Balaban J connectivity index is 2.03. The number of hydrogen-bond acceptors (Lipinski definition) is 5. The Labute approximate surface area is 111 Å². The van der Waals surface area contributed by atoms with E-state index in [1.807, 2.05) is 6.07 Å². The highest BCUT2D eigenvalue weighted by Crippen LogP contribution is 2.26. The summed E-state index contributed by atoms with van der Waals surface area (Å²) in [6, 6.07) is 10.6. The Bertz CT molecular complexity index is 603. The van der Waals surface area contributed by atoms with Gasteiger partial charge in [-0.1, -0.05) is 6.07 Å². The summed E-state index contributed by atoms with van der Waals surface area (Å²) in [5.74, 6) is 1.24. The third kappa shape index (κ3) is 3.13. The number of nitrogens with zero attached hydrogens (tertiary/aromatic N) is 2. The van der Waals surface area contributed by atoms with E-state index >= 15 is 0 Å². The highest BCUT2D eigenvalue weighted by molar-refractivity contribution is 5.44. The second-order valence-corrected chi connectivity index (χ2v) is 3.90. The zero-order valence-corrected chi connectivity index (χ0v) is 10.4. The summed E-state index contributed by atoms with van der Waals surface area (Å²) in [6.07, 6.45) is 1.51. The van der Waals surface area contributed by atoms with E-state index in [0.717, 1.165) is 5.56 Å². The van der Waals surface area contributed by atoms with Crippen LogP contribution in [0, 0.1) is 11.3 Å². The molecule has 0 amide bonds. The minimum absolute atomic E-state index is 0.114. The number of aromatic nitrogens is 1. The number of nitriles is 1. The monoisotopic (exact) mass is 255 g/mol. The molecule has 2 aromatic rings. The van der Waals surface area contributed by atoms with Gasteiger partial charge in [0, 0.05) is 12.7 Å². The van der Waals surface area contributed by atoms with Crippen LogP contribution in [-0.2, 0) is 6.54 Å². The maximum atomic E-state index is 9.49. The Hall–Kier alpha value is -2.74. The van der Waals surface area contributed by atoms with E-state index in [2.05, 4.69) is 10.3 Å². The SMILES string of the molecule is COc1cc(CNc2ccc(C#N)cn2)ccc1O. The number of ether oxygens (including phenoxy) is 1. The van der Waals surface area contributed by atoms with Crippen LogP contribution in [0.5, 0.6) is 11.5 Å². The van der Waals surface area contributed by atoms with Crippen LogP contribution in [0.3, 0.4) is 0 Å². The van der Waals surface area contributed by atoms with Gasteiger partial charge in [-0.15, -0.1) is 0 Å². The van der Waals surface area contributed by atoms with Gasteiger partial charge in [0.1, 0.15) is 11.9 Å². The quantitative estimate of drug-likeness (QED) is 0.876.